The van der Waals surface area contributed by atoms with E-state index in [0.717, 1.165) is 12.5 Å². The molecule has 139 valence electrons. The maximum absolute atomic E-state index is 14.6. The Bertz CT molecular complexity index is 921. The average molecular weight is 400 g/mol. The monoisotopic (exact) mass is 400 g/mol. The Kier molecular flexibility index (Phi) is 5.49. The third-order valence-corrected chi connectivity index (χ3v) is 4.34. The van der Waals surface area contributed by atoms with Crippen LogP contribution in [0.1, 0.15) is 37.6 Å². The van der Waals surface area contributed by atoms with Gasteiger partial charge in [-0.15, -0.1) is 12.6 Å². The molecule has 2 aromatic heterocycles. The molecule has 3 heterocycles. The molecule has 1 N–H and O–H groups in total. The molecular formula is C18H20FMnN3O3. The standard InChI is InChI=1S/C18H20FN3O3.Mn/c1-10-6-5-7-21(10)16-13(19)8-11-14(23)12(17(24)25)9-22(15(11)20-16)18(2,3)4;/h5,8-10H,1,6-7H2,2-4H3,(H,24,25);/q-2;+2. The van der Waals surface area contributed by atoms with Gasteiger partial charge in [-0.1, -0.05) is 0 Å². The quantitative estimate of drug-likeness (QED) is 0.620. The predicted molar refractivity (Wildman–Crippen MR) is 93.3 cm³/mol. The number of rotatable bonds is 2. The second-order valence-corrected chi connectivity index (χ2v) is 7.21. The Labute approximate surface area is 161 Å². The van der Waals surface area contributed by atoms with Crippen molar-refractivity contribution in [3.05, 3.63) is 47.2 Å². The van der Waals surface area contributed by atoms with Gasteiger partial charge in [0.2, 0.25) is 5.43 Å². The summed E-state index contributed by atoms with van der Waals surface area (Å²) in [5, 5.41) is 9.26. The molecule has 1 unspecified atom stereocenters. The second-order valence-electron chi connectivity index (χ2n) is 7.21. The van der Waals surface area contributed by atoms with Crippen molar-refractivity contribution in [1.29, 1.82) is 0 Å². The number of carboxylic acids is 1. The average Bonchev–Trinajstić information content (AvgIpc) is 2.92. The first kappa shape index (κ1) is 20.4. The Morgan fingerprint density at radius 2 is 2.12 bits per heavy atom. The number of anilines is 1. The molecule has 1 radical (unpaired) electrons. The predicted octanol–water partition coefficient (Wildman–Crippen LogP) is 2.60. The number of pyridine rings is 2. The van der Waals surface area contributed by atoms with E-state index in [1.807, 2.05) is 27.2 Å². The summed E-state index contributed by atoms with van der Waals surface area (Å²) in [6.45, 7) is 10.1. The van der Waals surface area contributed by atoms with Crippen LogP contribution in [0, 0.1) is 19.2 Å². The fourth-order valence-corrected chi connectivity index (χ4v) is 3.02. The second kappa shape index (κ2) is 7.00. The molecule has 1 aliphatic heterocycles. The number of carbonyl (C=O) groups is 1. The van der Waals surface area contributed by atoms with Gasteiger partial charge in [-0.25, -0.2) is 14.2 Å². The minimum atomic E-state index is -1.35. The molecule has 1 aliphatic rings. The van der Waals surface area contributed by atoms with Crippen molar-refractivity contribution < 1.29 is 31.4 Å². The first-order valence-corrected chi connectivity index (χ1v) is 8.02. The zero-order valence-corrected chi connectivity index (χ0v) is 16.0. The molecule has 8 heteroatoms. The third-order valence-electron chi connectivity index (χ3n) is 4.34. The van der Waals surface area contributed by atoms with Crippen molar-refractivity contribution in [3.8, 4) is 0 Å². The van der Waals surface area contributed by atoms with Crippen LogP contribution in [0.2, 0.25) is 0 Å². The molecule has 0 aliphatic carbocycles. The van der Waals surface area contributed by atoms with Crippen molar-refractivity contribution >= 4 is 22.8 Å². The Balaban J connectivity index is 0.00000243. The van der Waals surface area contributed by atoms with E-state index in [1.54, 1.807) is 9.47 Å². The summed E-state index contributed by atoms with van der Waals surface area (Å²) in [4.78, 5) is 30.0. The van der Waals surface area contributed by atoms with Gasteiger partial charge in [0.15, 0.2) is 11.6 Å². The molecule has 3 rings (SSSR count). The minimum absolute atomic E-state index is 0. The van der Waals surface area contributed by atoms with E-state index in [-0.39, 0.29) is 40.0 Å². The maximum atomic E-state index is 14.6. The number of fused-ring (bicyclic) bond motifs is 1. The summed E-state index contributed by atoms with van der Waals surface area (Å²) in [5.41, 5.74) is -1.42. The van der Waals surface area contributed by atoms with Crippen molar-refractivity contribution in [3.63, 3.8) is 0 Å². The van der Waals surface area contributed by atoms with E-state index in [9.17, 15) is 19.1 Å². The zero-order valence-electron chi connectivity index (χ0n) is 14.8. The molecule has 0 bridgehead atoms. The van der Waals surface area contributed by atoms with Crippen LogP contribution >= 0.6 is 0 Å². The third kappa shape index (κ3) is 3.35. The zero-order chi connectivity index (χ0) is 18.5. The fourth-order valence-electron chi connectivity index (χ4n) is 3.02. The van der Waals surface area contributed by atoms with Gasteiger partial charge in [-0.05, 0) is 26.8 Å². The van der Waals surface area contributed by atoms with Gasteiger partial charge >= 0.3 is 23.0 Å². The van der Waals surface area contributed by atoms with E-state index in [4.69, 9.17) is 0 Å². The van der Waals surface area contributed by atoms with Crippen LogP contribution in [0.4, 0.5) is 10.2 Å². The molecule has 1 atom stereocenters. The van der Waals surface area contributed by atoms with Crippen molar-refractivity contribution in [2.24, 2.45) is 0 Å². The van der Waals surface area contributed by atoms with Crippen LogP contribution in [-0.2, 0) is 22.6 Å². The number of nitrogens with zero attached hydrogens (tertiary/aromatic N) is 3. The number of aromatic nitrogens is 2. The van der Waals surface area contributed by atoms with Crippen LogP contribution in [0.25, 0.3) is 11.0 Å². The summed E-state index contributed by atoms with van der Waals surface area (Å²) >= 11 is 0. The van der Waals surface area contributed by atoms with Gasteiger partial charge in [0.05, 0.1) is 5.39 Å². The first-order valence-electron chi connectivity index (χ1n) is 8.02. The van der Waals surface area contributed by atoms with Gasteiger partial charge < -0.3 is 27.9 Å². The van der Waals surface area contributed by atoms with E-state index >= 15 is 0 Å². The normalized spacial score (nSPS) is 17.4. The molecule has 6 nitrogen and oxygen atoms in total. The van der Waals surface area contributed by atoms with E-state index in [1.165, 1.54) is 6.20 Å². The summed E-state index contributed by atoms with van der Waals surface area (Å²) in [7, 11) is 0. The summed E-state index contributed by atoms with van der Waals surface area (Å²) in [6, 6.07) is 0.951. The number of hydrogen-bond acceptors (Lipinski definition) is 4. The van der Waals surface area contributed by atoms with Crippen molar-refractivity contribution in [1.82, 2.24) is 9.55 Å². The molecule has 1 fully saturated rings. The largest absolute Gasteiger partial charge is 2.00 e. The molecule has 0 amide bonds. The van der Waals surface area contributed by atoms with Crippen molar-refractivity contribution in [2.75, 3.05) is 11.4 Å². The number of hydrogen-bond donors (Lipinski definition) is 1. The molecule has 0 aromatic carbocycles. The van der Waals surface area contributed by atoms with Gasteiger partial charge in [-0.3, -0.25) is 4.79 Å². The Morgan fingerprint density at radius 3 is 2.62 bits per heavy atom. The van der Waals surface area contributed by atoms with Gasteiger partial charge in [0.1, 0.15) is 11.2 Å². The first-order chi connectivity index (χ1) is 11.6. The number of carboxylic acid groups (broad SMARTS) is 1. The summed E-state index contributed by atoms with van der Waals surface area (Å²) < 4.78 is 16.2. The van der Waals surface area contributed by atoms with Gasteiger partial charge in [0, 0.05) is 11.7 Å². The summed E-state index contributed by atoms with van der Waals surface area (Å²) in [6.07, 6.45) is 4.00. The fraction of sp³-hybridized carbons (Fsp3) is 0.389. The van der Waals surface area contributed by atoms with E-state index < -0.39 is 28.3 Å². The Hall–Kier alpha value is -1.92. The number of aromatic carboxylic acids is 1. The molecule has 0 spiro atoms. The molecular weight excluding hydrogens is 380 g/mol. The van der Waals surface area contributed by atoms with E-state index in [2.05, 4.69) is 11.9 Å². The van der Waals surface area contributed by atoms with Gasteiger partial charge in [0.25, 0.3) is 0 Å². The van der Waals surface area contributed by atoms with E-state index in [0.29, 0.717) is 6.54 Å². The van der Waals surface area contributed by atoms with Crippen molar-refractivity contribution in [2.45, 2.75) is 38.8 Å². The van der Waals surface area contributed by atoms with Crippen LogP contribution < -0.4 is 10.3 Å². The summed E-state index contributed by atoms with van der Waals surface area (Å²) in [5.74, 6) is -1.88. The van der Waals surface area contributed by atoms with Crippen LogP contribution in [-0.4, -0.2) is 33.2 Å². The molecule has 2 aromatic rings. The molecule has 0 saturated carbocycles. The SMILES string of the molecule is [CH2-]C1C[CH-]CN1c1nc2c(cc1F)c(=O)c(C(=O)O)cn2C(C)(C)C.[Mn+2]. The van der Waals surface area contributed by atoms with Gasteiger partial charge in [-0.2, -0.15) is 6.42 Å². The smallest absolute Gasteiger partial charge is 0.477 e. The maximum Gasteiger partial charge on any atom is 2.00 e. The molecule has 26 heavy (non-hydrogen) atoms. The minimum Gasteiger partial charge on any atom is -0.477 e. The van der Waals surface area contributed by atoms with Crippen LogP contribution in [0.3, 0.4) is 0 Å². The Morgan fingerprint density at radius 1 is 1.46 bits per heavy atom. The molecule has 1 saturated heterocycles. The number of halogens is 1. The topological polar surface area (TPSA) is 75.4 Å². The van der Waals surface area contributed by atoms with Crippen LogP contribution in [0.15, 0.2) is 17.1 Å². The van der Waals surface area contributed by atoms with Crippen LogP contribution in [0.5, 0.6) is 0 Å².